The number of benzene rings is 2. The van der Waals surface area contributed by atoms with E-state index in [0.717, 1.165) is 11.3 Å². The topological polar surface area (TPSA) is 56.1 Å². The summed E-state index contributed by atoms with van der Waals surface area (Å²) in [6.07, 6.45) is 4.64. The van der Waals surface area contributed by atoms with Crippen molar-refractivity contribution in [2.24, 2.45) is 0 Å². The molecule has 2 aromatic carbocycles. The van der Waals surface area contributed by atoms with E-state index in [-0.39, 0.29) is 11.7 Å². The van der Waals surface area contributed by atoms with Crippen molar-refractivity contribution in [3.05, 3.63) is 78.6 Å². The van der Waals surface area contributed by atoms with Crippen LogP contribution in [-0.4, -0.2) is 21.6 Å². The Labute approximate surface area is 145 Å². The number of carbonyl (C=O) groups is 1. The molecule has 0 radical (unpaired) electrons. The molecule has 0 spiro atoms. The number of amides is 1. The highest BCUT2D eigenvalue weighted by molar-refractivity contribution is 5.80. The number of carbonyl (C=O) groups excluding carboxylic acids is 1. The van der Waals surface area contributed by atoms with E-state index in [2.05, 4.69) is 10.3 Å². The quantitative estimate of drug-likeness (QED) is 0.751. The van der Waals surface area contributed by atoms with Gasteiger partial charge in [0.1, 0.15) is 11.6 Å². The van der Waals surface area contributed by atoms with Gasteiger partial charge in [0.2, 0.25) is 0 Å². The van der Waals surface area contributed by atoms with Gasteiger partial charge >= 0.3 is 0 Å². The van der Waals surface area contributed by atoms with Crippen molar-refractivity contribution in [1.29, 1.82) is 0 Å². The van der Waals surface area contributed by atoms with Gasteiger partial charge in [0.05, 0.1) is 6.33 Å². The molecule has 1 N–H and O–H groups in total. The van der Waals surface area contributed by atoms with Gasteiger partial charge < -0.3 is 14.6 Å². The number of ether oxygens (including phenoxy) is 1. The lowest BCUT2D eigenvalue weighted by Crippen LogP contribution is -2.35. The van der Waals surface area contributed by atoms with Crippen LogP contribution < -0.4 is 10.1 Å². The van der Waals surface area contributed by atoms with Crippen LogP contribution >= 0.6 is 0 Å². The summed E-state index contributed by atoms with van der Waals surface area (Å²) in [4.78, 5) is 16.1. The summed E-state index contributed by atoms with van der Waals surface area (Å²) in [6.45, 7) is 2.06. The number of nitrogens with one attached hydrogen (secondary N) is 1. The van der Waals surface area contributed by atoms with Crippen molar-refractivity contribution in [2.75, 3.05) is 0 Å². The van der Waals surface area contributed by atoms with Crippen molar-refractivity contribution < 1.29 is 13.9 Å². The van der Waals surface area contributed by atoms with Gasteiger partial charge in [-0.2, -0.15) is 0 Å². The smallest absolute Gasteiger partial charge is 0.261 e. The molecule has 0 aliphatic heterocycles. The van der Waals surface area contributed by atoms with Crippen LogP contribution in [0.1, 0.15) is 12.5 Å². The zero-order valence-corrected chi connectivity index (χ0v) is 13.7. The molecule has 1 amide bonds. The van der Waals surface area contributed by atoms with Gasteiger partial charge in [-0.3, -0.25) is 4.79 Å². The lowest BCUT2D eigenvalue weighted by molar-refractivity contribution is -0.127. The number of hydrogen-bond donors (Lipinski definition) is 1. The third-order valence-electron chi connectivity index (χ3n) is 3.70. The van der Waals surface area contributed by atoms with Gasteiger partial charge in [-0.05, 0) is 48.9 Å². The Morgan fingerprint density at radius 3 is 2.56 bits per heavy atom. The van der Waals surface area contributed by atoms with Gasteiger partial charge in [0.15, 0.2) is 6.10 Å². The minimum Gasteiger partial charge on any atom is -0.481 e. The van der Waals surface area contributed by atoms with Gasteiger partial charge in [-0.1, -0.05) is 12.1 Å². The number of rotatable bonds is 6. The number of imidazole rings is 1. The van der Waals surface area contributed by atoms with Gasteiger partial charge in [-0.25, -0.2) is 9.37 Å². The zero-order chi connectivity index (χ0) is 17.6. The fourth-order valence-corrected chi connectivity index (χ4v) is 2.30. The first-order chi connectivity index (χ1) is 12.1. The van der Waals surface area contributed by atoms with Crippen LogP contribution in [0.5, 0.6) is 5.75 Å². The molecule has 0 aliphatic carbocycles. The van der Waals surface area contributed by atoms with E-state index in [9.17, 15) is 9.18 Å². The number of nitrogens with zero attached hydrogens (tertiary/aromatic N) is 2. The lowest BCUT2D eigenvalue weighted by Gasteiger charge is -2.15. The average molecular weight is 339 g/mol. The monoisotopic (exact) mass is 339 g/mol. The second-order valence-electron chi connectivity index (χ2n) is 5.57. The Morgan fingerprint density at radius 2 is 1.92 bits per heavy atom. The van der Waals surface area contributed by atoms with Crippen molar-refractivity contribution in [1.82, 2.24) is 14.9 Å². The maximum absolute atomic E-state index is 12.9. The maximum atomic E-state index is 12.9. The highest BCUT2D eigenvalue weighted by Crippen LogP contribution is 2.13. The first-order valence-electron chi connectivity index (χ1n) is 7.89. The largest absolute Gasteiger partial charge is 0.481 e. The molecule has 6 heteroatoms. The first kappa shape index (κ1) is 16.7. The predicted molar refractivity (Wildman–Crippen MR) is 91.9 cm³/mol. The molecule has 128 valence electrons. The maximum Gasteiger partial charge on any atom is 0.261 e. The van der Waals surface area contributed by atoms with Gasteiger partial charge in [0, 0.05) is 24.6 Å². The molecular formula is C19H18FN3O2. The van der Waals surface area contributed by atoms with E-state index in [1.54, 1.807) is 19.4 Å². The summed E-state index contributed by atoms with van der Waals surface area (Å²) in [6, 6.07) is 13.4. The molecule has 1 heterocycles. The molecular weight excluding hydrogens is 321 g/mol. The Morgan fingerprint density at radius 1 is 1.20 bits per heavy atom. The van der Waals surface area contributed by atoms with E-state index in [1.807, 2.05) is 35.0 Å². The molecule has 0 fully saturated rings. The molecule has 5 nitrogen and oxygen atoms in total. The second-order valence-corrected chi connectivity index (χ2v) is 5.57. The van der Waals surface area contributed by atoms with Crippen LogP contribution in [0.25, 0.3) is 5.69 Å². The van der Waals surface area contributed by atoms with E-state index in [4.69, 9.17) is 4.74 Å². The highest BCUT2D eigenvalue weighted by Gasteiger charge is 2.14. The summed E-state index contributed by atoms with van der Waals surface area (Å²) >= 11 is 0. The minimum atomic E-state index is -0.671. The van der Waals surface area contributed by atoms with Crippen molar-refractivity contribution in [3.8, 4) is 11.4 Å². The molecule has 0 saturated carbocycles. The average Bonchev–Trinajstić information content (AvgIpc) is 3.16. The molecule has 3 aromatic rings. The third kappa shape index (κ3) is 4.44. The molecule has 1 atom stereocenters. The van der Waals surface area contributed by atoms with Crippen LogP contribution in [0.3, 0.4) is 0 Å². The van der Waals surface area contributed by atoms with Crippen molar-refractivity contribution >= 4 is 5.91 Å². The zero-order valence-electron chi connectivity index (χ0n) is 13.7. The van der Waals surface area contributed by atoms with E-state index >= 15 is 0 Å². The highest BCUT2D eigenvalue weighted by atomic mass is 19.1. The van der Waals surface area contributed by atoms with Gasteiger partial charge in [-0.15, -0.1) is 0 Å². The molecule has 1 aromatic heterocycles. The third-order valence-corrected chi connectivity index (χ3v) is 3.70. The van der Waals surface area contributed by atoms with Crippen molar-refractivity contribution in [2.45, 2.75) is 19.6 Å². The molecule has 0 saturated heterocycles. The molecule has 3 rings (SSSR count). The van der Waals surface area contributed by atoms with Gasteiger partial charge in [0.25, 0.3) is 5.91 Å². The first-order valence-corrected chi connectivity index (χ1v) is 7.89. The number of aromatic nitrogens is 2. The molecule has 0 bridgehead atoms. The fourth-order valence-electron chi connectivity index (χ4n) is 2.30. The van der Waals surface area contributed by atoms with E-state index < -0.39 is 6.10 Å². The second kappa shape index (κ2) is 7.61. The Balaban J connectivity index is 1.52. The SMILES string of the molecule is CC(Oc1ccc(F)cc1)C(=O)NCc1ccc(-n2ccnc2)cc1. The van der Waals surface area contributed by atoms with Crippen LogP contribution in [-0.2, 0) is 11.3 Å². The summed E-state index contributed by atoms with van der Waals surface area (Å²) < 4.78 is 20.3. The van der Waals surface area contributed by atoms with Crippen LogP contribution in [0, 0.1) is 5.82 Å². The number of hydrogen-bond acceptors (Lipinski definition) is 3. The molecule has 1 unspecified atom stereocenters. The summed E-state index contributed by atoms with van der Waals surface area (Å²) in [7, 11) is 0. The lowest BCUT2D eigenvalue weighted by atomic mass is 10.2. The van der Waals surface area contributed by atoms with Crippen LogP contribution in [0.15, 0.2) is 67.3 Å². The van der Waals surface area contributed by atoms with Crippen LogP contribution in [0.2, 0.25) is 0 Å². The fraction of sp³-hybridized carbons (Fsp3) is 0.158. The normalized spacial score (nSPS) is 11.8. The number of halogens is 1. The summed E-state index contributed by atoms with van der Waals surface area (Å²) in [5.74, 6) is -0.125. The Bertz CT molecular complexity index is 815. The Kier molecular flexibility index (Phi) is 5.09. The summed E-state index contributed by atoms with van der Waals surface area (Å²) in [5, 5.41) is 2.83. The predicted octanol–water partition coefficient (Wildman–Crippen LogP) is 3.10. The van der Waals surface area contributed by atoms with Crippen LogP contribution in [0.4, 0.5) is 4.39 Å². The standard InChI is InChI=1S/C19H18FN3O2/c1-14(25-18-8-4-16(20)5-9-18)19(24)22-12-15-2-6-17(7-3-15)23-11-10-21-13-23/h2-11,13-14H,12H2,1H3,(H,22,24). The van der Waals surface area contributed by atoms with E-state index in [1.165, 1.54) is 24.3 Å². The van der Waals surface area contributed by atoms with Crippen molar-refractivity contribution in [3.63, 3.8) is 0 Å². The summed E-state index contributed by atoms with van der Waals surface area (Å²) in [5.41, 5.74) is 1.98. The van der Waals surface area contributed by atoms with E-state index in [0.29, 0.717) is 12.3 Å². The Hall–Kier alpha value is -3.15. The molecule has 25 heavy (non-hydrogen) atoms. The minimum absolute atomic E-state index is 0.233. The molecule has 0 aliphatic rings.